The van der Waals surface area contributed by atoms with Crippen molar-refractivity contribution >= 4 is 0 Å². The zero-order valence-electron chi connectivity index (χ0n) is 17.8. The second-order valence-electron chi connectivity index (χ2n) is 7.33. The Bertz CT molecular complexity index is 1210. The van der Waals surface area contributed by atoms with Gasteiger partial charge in [0.05, 0.1) is 38.0 Å². The summed E-state index contributed by atoms with van der Waals surface area (Å²) in [4.78, 5) is 15.9. The molecule has 0 bridgehead atoms. The fraction of sp³-hybridized carbons (Fsp3) is 0.0769. The molecule has 2 aromatic heterocycles. The second kappa shape index (κ2) is 8.43. The minimum absolute atomic E-state index is 0.820. The van der Waals surface area contributed by atoms with Crippen LogP contribution in [0.4, 0.5) is 0 Å². The van der Waals surface area contributed by atoms with Crippen molar-refractivity contribution in [3.05, 3.63) is 85.2 Å². The smallest absolute Gasteiger partial charge is 0.137 e. The van der Waals surface area contributed by atoms with Gasteiger partial charge in [0.15, 0.2) is 0 Å². The van der Waals surface area contributed by atoms with E-state index in [1.165, 1.54) is 0 Å². The van der Waals surface area contributed by atoms with Crippen LogP contribution < -0.4 is 9.47 Å². The van der Waals surface area contributed by atoms with Gasteiger partial charge >= 0.3 is 0 Å². The summed E-state index contributed by atoms with van der Waals surface area (Å²) in [6.07, 6.45) is 3.69. The number of hydrogen-bond acceptors (Lipinski definition) is 4. The number of rotatable bonds is 6. The van der Waals surface area contributed by atoms with E-state index in [9.17, 15) is 0 Å². The normalized spacial score (nSPS) is 10.8. The van der Waals surface area contributed by atoms with Crippen LogP contribution >= 0.6 is 0 Å². The molecule has 0 spiro atoms. The Kier molecular flexibility index (Phi) is 5.17. The number of aromatic nitrogens is 4. The Hall–Kier alpha value is -4.32. The molecule has 2 N–H and O–H groups in total. The fourth-order valence-electron chi connectivity index (χ4n) is 3.56. The lowest BCUT2D eigenvalue weighted by Crippen LogP contribution is -1.85. The van der Waals surface area contributed by atoms with Crippen molar-refractivity contribution in [3.63, 3.8) is 0 Å². The summed E-state index contributed by atoms with van der Waals surface area (Å²) in [5.74, 6) is 3.30. The van der Waals surface area contributed by atoms with E-state index in [1.807, 2.05) is 85.2 Å². The molecule has 0 aliphatic carbocycles. The highest BCUT2D eigenvalue weighted by molar-refractivity contribution is 5.69. The van der Waals surface area contributed by atoms with Crippen LogP contribution in [0.25, 0.3) is 45.3 Å². The molecule has 5 rings (SSSR count). The lowest BCUT2D eigenvalue weighted by atomic mass is 10.1. The van der Waals surface area contributed by atoms with Crippen LogP contribution in [-0.2, 0) is 0 Å². The van der Waals surface area contributed by atoms with E-state index in [0.29, 0.717) is 0 Å². The zero-order chi connectivity index (χ0) is 21.9. The minimum atomic E-state index is 0.820. The SMILES string of the molecule is COc1ccc(-c2cnc(-c3ccc(-c4ncc(-c5ccc(OC)cc5)[nH]4)cc3)[nH]2)cc1. The fourth-order valence-corrected chi connectivity index (χ4v) is 3.56. The molecular weight excluding hydrogens is 400 g/mol. The molecule has 5 aromatic rings. The predicted molar refractivity (Wildman–Crippen MR) is 126 cm³/mol. The molecule has 0 saturated carbocycles. The van der Waals surface area contributed by atoms with Crippen molar-refractivity contribution in [2.45, 2.75) is 0 Å². The number of methoxy groups -OCH3 is 2. The van der Waals surface area contributed by atoms with E-state index in [1.54, 1.807) is 14.2 Å². The Morgan fingerprint density at radius 3 is 1.19 bits per heavy atom. The van der Waals surface area contributed by atoms with Crippen molar-refractivity contribution in [3.8, 4) is 56.8 Å². The van der Waals surface area contributed by atoms with Gasteiger partial charge in [-0.1, -0.05) is 24.3 Å². The average molecular weight is 422 g/mol. The van der Waals surface area contributed by atoms with Crippen molar-refractivity contribution in [1.82, 2.24) is 19.9 Å². The molecule has 158 valence electrons. The third-order valence-corrected chi connectivity index (χ3v) is 5.39. The summed E-state index contributed by atoms with van der Waals surface area (Å²) in [6, 6.07) is 24.0. The van der Waals surface area contributed by atoms with E-state index in [2.05, 4.69) is 19.9 Å². The van der Waals surface area contributed by atoms with Gasteiger partial charge in [0.1, 0.15) is 23.1 Å². The molecule has 0 amide bonds. The number of benzene rings is 3. The third kappa shape index (κ3) is 3.86. The van der Waals surface area contributed by atoms with Crippen LogP contribution in [-0.4, -0.2) is 34.2 Å². The Balaban J connectivity index is 1.34. The number of hydrogen-bond donors (Lipinski definition) is 2. The molecule has 0 aliphatic rings. The molecule has 0 radical (unpaired) electrons. The Morgan fingerprint density at radius 2 is 0.844 bits per heavy atom. The van der Waals surface area contributed by atoms with Gasteiger partial charge in [0, 0.05) is 11.1 Å². The first-order valence-electron chi connectivity index (χ1n) is 10.2. The minimum Gasteiger partial charge on any atom is -0.497 e. The average Bonchev–Trinajstić information content (AvgIpc) is 3.55. The maximum atomic E-state index is 5.22. The third-order valence-electron chi connectivity index (χ3n) is 5.39. The number of imidazole rings is 2. The summed E-state index contributed by atoms with van der Waals surface area (Å²) in [5.41, 5.74) is 6.06. The molecule has 6 heteroatoms. The molecule has 6 nitrogen and oxygen atoms in total. The van der Waals surface area contributed by atoms with Gasteiger partial charge in [-0.15, -0.1) is 0 Å². The molecule has 0 atom stereocenters. The van der Waals surface area contributed by atoms with Gasteiger partial charge in [0.2, 0.25) is 0 Å². The quantitative estimate of drug-likeness (QED) is 0.362. The van der Waals surface area contributed by atoms with Crippen LogP contribution in [0.2, 0.25) is 0 Å². The van der Waals surface area contributed by atoms with Crippen LogP contribution in [0.15, 0.2) is 85.2 Å². The van der Waals surface area contributed by atoms with Gasteiger partial charge in [-0.3, -0.25) is 0 Å². The predicted octanol–water partition coefficient (Wildman–Crippen LogP) is 5.82. The van der Waals surface area contributed by atoms with Crippen molar-refractivity contribution in [2.24, 2.45) is 0 Å². The van der Waals surface area contributed by atoms with Gasteiger partial charge in [-0.2, -0.15) is 0 Å². The molecule has 0 fully saturated rings. The highest BCUT2D eigenvalue weighted by Crippen LogP contribution is 2.27. The number of aromatic amines is 2. The maximum Gasteiger partial charge on any atom is 0.137 e. The zero-order valence-corrected chi connectivity index (χ0v) is 17.8. The van der Waals surface area contributed by atoms with Gasteiger partial charge in [-0.25, -0.2) is 9.97 Å². The molecular formula is C26H22N4O2. The highest BCUT2D eigenvalue weighted by atomic mass is 16.5. The topological polar surface area (TPSA) is 75.8 Å². The molecule has 0 unspecified atom stereocenters. The van der Waals surface area contributed by atoms with E-state index in [-0.39, 0.29) is 0 Å². The summed E-state index contributed by atoms with van der Waals surface area (Å²) in [7, 11) is 3.32. The van der Waals surface area contributed by atoms with E-state index in [0.717, 1.165) is 56.8 Å². The number of H-pyrrole nitrogens is 2. The van der Waals surface area contributed by atoms with Crippen molar-refractivity contribution in [1.29, 1.82) is 0 Å². The van der Waals surface area contributed by atoms with Crippen molar-refractivity contribution < 1.29 is 9.47 Å². The van der Waals surface area contributed by atoms with Crippen LogP contribution in [0, 0.1) is 0 Å². The monoisotopic (exact) mass is 422 g/mol. The van der Waals surface area contributed by atoms with Gasteiger partial charge in [-0.05, 0) is 59.7 Å². The van der Waals surface area contributed by atoms with Crippen molar-refractivity contribution in [2.75, 3.05) is 14.2 Å². The van der Waals surface area contributed by atoms with E-state index < -0.39 is 0 Å². The summed E-state index contributed by atoms with van der Waals surface area (Å²) < 4.78 is 10.4. The lowest BCUT2D eigenvalue weighted by Gasteiger charge is -2.02. The summed E-state index contributed by atoms with van der Waals surface area (Å²) in [5, 5.41) is 0. The number of ether oxygens (including phenoxy) is 2. The first-order valence-corrected chi connectivity index (χ1v) is 10.2. The summed E-state index contributed by atoms with van der Waals surface area (Å²) in [6.45, 7) is 0. The first kappa shape index (κ1) is 19.6. The first-order chi connectivity index (χ1) is 15.7. The number of nitrogens with one attached hydrogen (secondary N) is 2. The van der Waals surface area contributed by atoms with Crippen LogP contribution in [0.3, 0.4) is 0 Å². The van der Waals surface area contributed by atoms with Gasteiger partial charge < -0.3 is 19.4 Å². The lowest BCUT2D eigenvalue weighted by molar-refractivity contribution is 0.415. The standard InChI is InChI=1S/C26H22N4O2/c1-31-21-11-7-17(8-12-21)23-15-27-25(29-23)19-3-5-20(6-4-19)26-28-16-24(30-26)18-9-13-22(32-2)14-10-18/h3-16H,1-2H3,(H,27,29)(H,28,30). The molecule has 2 heterocycles. The van der Waals surface area contributed by atoms with Crippen LogP contribution in [0.1, 0.15) is 0 Å². The highest BCUT2D eigenvalue weighted by Gasteiger charge is 2.09. The second-order valence-corrected chi connectivity index (χ2v) is 7.33. The Morgan fingerprint density at radius 1 is 0.500 bits per heavy atom. The van der Waals surface area contributed by atoms with E-state index >= 15 is 0 Å². The van der Waals surface area contributed by atoms with Gasteiger partial charge in [0.25, 0.3) is 0 Å². The molecule has 3 aromatic carbocycles. The Labute approximate surface area is 185 Å². The van der Waals surface area contributed by atoms with E-state index in [4.69, 9.17) is 9.47 Å². The molecule has 0 saturated heterocycles. The molecule has 0 aliphatic heterocycles. The van der Waals surface area contributed by atoms with Crippen LogP contribution in [0.5, 0.6) is 11.5 Å². The summed E-state index contributed by atoms with van der Waals surface area (Å²) >= 11 is 0. The maximum absolute atomic E-state index is 5.22. The largest absolute Gasteiger partial charge is 0.497 e. The number of nitrogens with zero attached hydrogens (tertiary/aromatic N) is 2. The molecule has 32 heavy (non-hydrogen) atoms.